The summed E-state index contributed by atoms with van der Waals surface area (Å²) in [5, 5.41) is 0. The fraction of sp³-hybridized carbons (Fsp3) is 1.00. The summed E-state index contributed by atoms with van der Waals surface area (Å²) < 4.78 is 48.3. The molecule has 12 heavy (non-hydrogen) atoms. The molecular weight excluding hydrogens is 174 g/mol. The summed E-state index contributed by atoms with van der Waals surface area (Å²) in [7, 11) is 2.99. The summed E-state index contributed by atoms with van der Waals surface area (Å²) in [6.45, 7) is 1.27. The van der Waals surface area contributed by atoms with E-state index in [0.29, 0.717) is 6.54 Å². The minimum atomic E-state index is -3.88. The average Bonchev–Trinajstić information content (AvgIpc) is 1.85. The van der Waals surface area contributed by atoms with E-state index in [1.165, 1.54) is 14.1 Å². The Labute approximate surface area is 69.6 Å². The second kappa shape index (κ2) is 3.60. The van der Waals surface area contributed by atoms with Crippen LogP contribution in [0.4, 0.5) is 17.6 Å². The standard InChI is InChI=1S/C7H14F4N/c1-4-12(2,3)5-7(10,11)6(8)9/h6H,4-5H2,1-3H3/q+1. The van der Waals surface area contributed by atoms with E-state index >= 15 is 0 Å². The molecule has 0 aromatic rings. The largest absolute Gasteiger partial charge is 0.354 e. The van der Waals surface area contributed by atoms with Gasteiger partial charge in [-0.05, 0) is 6.92 Å². The van der Waals surface area contributed by atoms with Crippen LogP contribution in [0.1, 0.15) is 6.92 Å². The molecule has 0 atom stereocenters. The van der Waals surface area contributed by atoms with Crippen LogP contribution >= 0.6 is 0 Å². The Hall–Kier alpha value is -0.320. The van der Waals surface area contributed by atoms with Crippen LogP contribution in [0.2, 0.25) is 0 Å². The fourth-order valence-electron chi connectivity index (χ4n) is 0.751. The fourth-order valence-corrected chi connectivity index (χ4v) is 0.751. The SMILES string of the molecule is CC[N+](C)(C)CC(F)(F)C(F)F. The zero-order chi connectivity index (χ0) is 9.99. The quantitative estimate of drug-likeness (QED) is 0.467. The van der Waals surface area contributed by atoms with Crippen molar-refractivity contribution in [2.45, 2.75) is 19.3 Å². The third-order valence-corrected chi connectivity index (χ3v) is 1.81. The van der Waals surface area contributed by atoms with E-state index in [2.05, 4.69) is 0 Å². The molecule has 5 heteroatoms. The third-order valence-electron chi connectivity index (χ3n) is 1.81. The highest BCUT2D eigenvalue weighted by molar-refractivity contribution is 4.67. The molecular formula is C7H14F4N+. The van der Waals surface area contributed by atoms with E-state index in [9.17, 15) is 17.6 Å². The van der Waals surface area contributed by atoms with Crippen molar-refractivity contribution in [1.29, 1.82) is 0 Å². The number of quaternary nitrogens is 1. The maximum Gasteiger partial charge on any atom is 0.354 e. The maximum absolute atomic E-state index is 12.5. The van der Waals surface area contributed by atoms with E-state index in [1.54, 1.807) is 6.92 Å². The first-order valence-corrected chi connectivity index (χ1v) is 3.69. The summed E-state index contributed by atoms with van der Waals surface area (Å²) in [4.78, 5) is 0. The van der Waals surface area contributed by atoms with Crippen molar-refractivity contribution in [2.75, 3.05) is 27.2 Å². The maximum atomic E-state index is 12.5. The minimum absolute atomic E-state index is 0.0999. The molecule has 0 saturated heterocycles. The van der Waals surface area contributed by atoms with Crippen molar-refractivity contribution in [3.05, 3.63) is 0 Å². The van der Waals surface area contributed by atoms with Gasteiger partial charge in [0.2, 0.25) is 0 Å². The van der Waals surface area contributed by atoms with Crippen LogP contribution in [0.15, 0.2) is 0 Å². The first kappa shape index (κ1) is 11.7. The smallest absolute Gasteiger partial charge is 0.324 e. The first-order chi connectivity index (χ1) is 5.21. The number of halogens is 4. The molecule has 0 aliphatic rings. The van der Waals surface area contributed by atoms with Crippen LogP contribution < -0.4 is 0 Å². The van der Waals surface area contributed by atoms with Crippen LogP contribution in [0, 0.1) is 0 Å². The summed E-state index contributed by atoms with van der Waals surface area (Å²) in [5.41, 5.74) is 0. The Morgan fingerprint density at radius 2 is 1.67 bits per heavy atom. The topological polar surface area (TPSA) is 0 Å². The van der Waals surface area contributed by atoms with Gasteiger partial charge >= 0.3 is 12.3 Å². The molecule has 0 spiro atoms. The molecule has 0 aromatic heterocycles. The van der Waals surface area contributed by atoms with Crippen molar-refractivity contribution < 1.29 is 22.0 Å². The lowest BCUT2D eigenvalue weighted by Crippen LogP contribution is -2.50. The Kier molecular flexibility index (Phi) is 3.50. The number of hydrogen-bond donors (Lipinski definition) is 0. The van der Waals surface area contributed by atoms with Gasteiger partial charge in [0.1, 0.15) is 6.54 Å². The van der Waals surface area contributed by atoms with E-state index in [0.717, 1.165) is 0 Å². The summed E-state index contributed by atoms with van der Waals surface area (Å²) in [6.07, 6.45) is -3.57. The monoisotopic (exact) mass is 188 g/mol. The lowest BCUT2D eigenvalue weighted by molar-refractivity contribution is -0.897. The Balaban J connectivity index is 4.23. The second-order valence-corrected chi connectivity index (χ2v) is 3.47. The molecule has 0 N–H and O–H groups in total. The van der Waals surface area contributed by atoms with Gasteiger partial charge in [-0.3, -0.25) is 0 Å². The Morgan fingerprint density at radius 3 is 1.92 bits per heavy atom. The normalized spacial score (nSPS) is 14.0. The number of alkyl halides is 4. The van der Waals surface area contributed by atoms with Crippen molar-refractivity contribution in [1.82, 2.24) is 0 Å². The Bertz CT molecular complexity index is 144. The molecule has 0 fully saturated rings. The second-order valence-electron chi connectivity index (χ2n) is 3.47. The van der Waals surface area contributed by atoms with Gasteiger partial charge in [-0.25, -0.2) is 8.78 Å². The van der Waals surface area contributed by atoms with Crippen molar-refractivity contribution in [3.63, 3.8) is 0 Å². The van der Waals surface area contributed by atoms with Crippen molar-refractivity contribution in [3.8, 4) is 0 Å². The van der Waals surface area contributed by atoms with Gasteiger partial charge in [-0.15, -0.1) is 0 Å². The lowest BCUT2D eigenvalue weighted by Gasteiger charge is -2.31. The van der Waals surface area contributed by atoms with Crippen LogP contribution in [0.3, 0.4) is 0 Å². The predicted molar refractivity (Wildman–Crippen MR) is 38.5 cm³/mol. The van der Waals surface area contributed by atoms with Crippen molar-refractivity contribution in [2.24, 2.45) is 0 Å². The molecule has 0 radical (unpaired) electrons. The molecule has 0 saturated carbocycles. The van der Waals surface area contributed by atoms with Gasteiger partial charge in [0.25, 0.3) is 0 Å². The highest BCUT2D eigenvalue weighted by Crippen LogP contribution is 2.25. The van der Waals surface area contributed by atoms with Gasteiger partial charge in [0.15, 0.2) is 0 Å². The van der Waals surface area contributed by atoms with Gasteiger partial charge in [0.05, 0.1) is 20.6 Å². The highest BCUT2D eigenvalue weighted by atomic mass is 19.3. The van der Waals surface area contributed by atoms with Gasteiger partial charge in [-0.2, -0.15) is 8.78 Å². The average molecular weight is 188 g/mol. The van der Waals surface area contributed by atoms with E-state index in [-0.39, 0.29) is 4.48 Å². The van der Waals surface area contributed by atoms with Gasteiger partial charge in [0, 0.05) is 0 Å². The molecule has 0 bridgehead atoms. The molecule has 0 aromatic carbocycles. The summed E-state index contributed by atoms with van der Waals surface area (Å²) in [6, 6.07) is 0. The van der Waals surface area contributed by atoms with Crippen LogP contribution in [0.5, 0.6) is 0 Å². The molecule has 0 unspecified atom stereocenters. The zero-order valence-corrected chi connectivity index (χ0v) is 7.45. The highest BCUT2D eigenvalue weighted by Gasteiger charge is 2.46. The van der Waals surface area contributed by atoms with Gasteiger partial charge in [-0.1, -0.05) is 0 Å². The number of nitrogens with zero attached hydrogens (tertiary/aromatic N) is 1. The molecule has 0 aliphatic carbocycles. The third kappa shape index (κ3) is 3.38. The molecule has 0 aliphatic heterocycles. The van der Waals surface area contributed by atoms with E-state index < -0.39 is 18.9 Å². The first-order valence-electron chi connectivity index (χ1n) is 3.69. The molecule has 0 amide bonds. The molecule has 0 heterocycles. The Morgan fingerprint density at radius 1 is 1.25 bits per heavy atom. The van der Waals surface area contributed by atoms with E-state index in [4.69, 9.17) is 0 Å². The summed E-state index contributed by atoms with van der Waals surface area (Å²) >= 11 is 0. The van der Waals surface area contributed by atoms with Crippen molar-refractivity contribution >= 4 is 0 Å². The molecule has 74 valence electrons. The minimum Gasteiger partial charge on any atom is -0.324 e. The van der Waals surface area contributed by atoms with Crippen LogP contribution in [-0.2, 0) is 0 Å². The zero-order valence-electron chi connectivity index (χ0n) is 7.45. The molecule has 1 nitrogen and oxygen atoms in total. The number of rotatable bonds is 4. The van der Waals surface area contributed by atoms with E-state index in [1.807, 2.05) is 0 Å². The predicted octanol–water partition coefficient (Wildman–Crippen LogP) is 1.98. The number of hydrogen-bond acceptors (Lipinski definition) is 0. The summed E-state index contributed by atoms with van der Waals surface area (Å²) in [5.74, 6) is -3.88. The van der Waals surface area contributed by atoms with Crippen LogP contribution in [-0.4, -0.2) is 44.0 Å². The lowest BCUT2D eigenvalue weighted by atomic mass is 10.3. The molecule has 0 rings (SSSR count). The van der Waals surface area contributed by atoms with Gasteiger partial charge < -0.3 is 4.48 Å². The van der Waals surface area contributed by atoms with Crippen LogP contribution in [0.25, 0.3) is 0 Å².